The standard InChI is InChI=1S/C12H8N6O6/c19-10-11(20)15-8-5(1-6(18(23)24)2-7(8)14-10)3-17-4-13-16-9(17)12(21)22/h1-2,4H,3H2,(H,14,19)(H,15,20)(H,21,22). The molecule has 0 fully saturated rings. The monoisotopic (exact) mass is 332 g/mol. The van der Waals surface area contributed by atoms with Gasteiger partial charge in [0.1, 0.15) is 6.33 Å². The number of non-ortho nitro benzene ring substituents is 1. The van der Waals surface area contributed by atoms with Crippen molar-refractivity contribution in [3.05, 3.63) is 60.7 Å². The molecular formula is C12H8N6O6. The number of nitrogens with zero attached hydrogens (tertiary/aromatic N) is 4. The van der Waals surface area contributed by atoms with E-state index in [0.717, 1.165) is 17.0 Å². The Morgan fingerprint density at radius 2 is 2.00 bits per heavy atom. The van der Waals surface area contributed by atoms with E-state index >= 15 is 0 Å². The van der Waals surface area contributed by atoms with E-state index in [2.05, 4.69) is 20.2 Å². The predicted molar refractivity (Wildman–Crippen MR) is 77.9 cm³/mol. The maximum absolute atomic E-state index is 11.5. The molecule has 3 rings (SSSR count). The van der Waals surface area contributed by atoms with Crippen molar-refractivity contribution in [1.82, 2.24) is 24.7 Å². The van der Waals surface area contributed by atoms with Gasteiger partial charge in [-0.1, -0.05) is 0 Å². The first-order valence-corrected chi connectivity index (χ1v) is 6.41. The van der Waals surface area contributed by atoms with Crippen LogP contribution in [0, 0.1) is 10.1 Å². The second-order valence-corrected chi connectivity index (χ2v) is 4.78. The molecule has 122 valence electrons. The Bertz CT molecular complexity index is 1090. The van der Waals surface area contributed by atoms with Crippen molar-refractivity contribution in [2.75, 3.05) is 0 Å². The average Bonchev–Trinajstić information content (AvgIpc) is 2.97. The molecule has 0 saturated carbocycles. The number of nitro benzene ring substituents is 1. The van der Waals surface area contributed by atoms with Gasteiger partial charge in [-0.2, -0.15) is 0 Å². The zero-order valence-electron chi connectivity index (χ0n) is 11.7. The van der Waals surface area contributed by atoms with E-state index < -0.39 is 22.0 Å². The van der Waals surface area contributed by atoms with Gasteiger partial charge in [-0.15, -0.1) is 10.2 Å². The number of carboxylic acids is 1. The van der Waals surface area contributed by atoms with Crippen molar-refractivity contribution < 1.29 is 14.8 Å². The number of hydrogen-bond donors (Lipinski definition) is 3. The molecule has 1 aromatic carbocycles. The molecule has 24 heavy (non-hydrogen) atoms. The van der Waals surface area contributed by atoms with E-state index in [1.54, 1.807) is 0 Å². The van der Waals surface area contributed by atoms with E-state index in [1.165, 1.54) is 6.07 Å². The summed E-state index contributed by atoms with van der Waals surface area (Å²) in [6, 6.07) is 2.27. The Morgan fingerprint density at radius 3 is 2.67 bits per heavy atom. The summed E-state index contributed by atoms with van der Waals surface area (Å²) in [4.78, 5) is 49.0. The number of hydrogen-bond acceptors (Lipinski definition) is 7. The molecule has 0 unspecified atom stereocenters. The Hall–Kier alpha value is -3.83. The molecule has 12 heteroatoms. The summed E-state index contributed by atoms with van der Waals surface area (Å²) in [5.74, 6) is -1.70. The van der Waals surface area contributed by atoms with Crippen molar-refractivity contribution in [3.63, 3.8) is 0 Å². The van der Waals surface area contributed by atoms with Gasteiger partial charge in [0, 0.05) is 17.7 Å². The Morgan fingerprint density at radius 1 is 1.29 bits per heavy atom. The van der Waals surface area contributed by atoms with Gasteiger partial charge in [0.2, 0.25) is 5.82 Å². The number of benzene rings is 1. The Balaban J connectivity index is 2.25. The van der Waals surface area contributed by atoms with E-state index in [0.29, 0.717) is 0 Å². The third-order valence-electron chi connectivity index (χ3n) is 3.26. The first-order valence-electron chi connectivity index (χ1n) is 6.41. The molecule has 0 aliphatic carbocycles. The van der Waals surface area contributed by atoms with Gasteiger partial charge in [-0.3, -0.25) is 19.7 Å². The number of rotatable bonds is 4. The van der Waals surface area contributed by atoms with Crippen LogP contribution in [0.25, 0.3) is 11.0 Å². The summed E-state index contributed by atoms with van der Waals surface area (Å²) in [6.07, 6.45) is 1.14. The molecule has 0 aliphatic rings. The van der Waals surface area contributed by atoms with Crippen LogP contribution >= 0.6 is 0 Å². The van der Waals surface area contributed by atoms with Crippen LogP contribution in [-0.4, -0.2) is 40.7 Å². The first-order chi connectivity index (χ1) is 11.4. The maximum Gasteiger partial charge on any atom is 0.374 e. The number of carboxylic acid groups (broad SMARTS) is 1. The van der Waals surface area contributed by atoms with Crippen molar-refractivity contribution in [3.8, 4) is 0 Å². The number of nitro groups is 1. The van der Waals surface area contributed by atoms with Gasteiger partial charge >= 0.3 is 17.1 Å². The lowest BCUT2D eigenvalue weighted by Crippen LogP contribution is -2.29. The molecule has 0 spiro atoms. The van der Waals surface area contributed by atoms with Crippen LogP contribution in [0.4, 0.5) is 5.69 Å². The quantitative estimate of drug-likeness (QED) is 0.324. The highest BCUT2D eigenvalue weighted by Crippen LogP contribution is 2.22. The smallest absolute Gasteiger partial charge is 0.374 e. The van der Waals surface area contributed by atoms with Crippen molar-refractivity contribution in [1.29, 1.82) is 0 Å². The summed E-state index contributed by atoms with van der Waals surface area (Å²) < 4.78 is 1.14. The van der Waals surface area contributed by atoms with Crippen LogP contribution in [0.1, 0.15) is 16.2 Å². The average molecular weight is 332 g/mol. The minimum atomic E-state index is -1.33. The lowest BCUT2D eigenvalue weighted by molar-refractivity contribution is -0.384. The van der Waals surface area contributed by atoms with E-state index in [9.17, 15) is 24.5 Å². The molecule has 0 amide bonds. The number of H-pyrrole nitrogens is 2. The topological polar surface area (TPSA) is 177 Å². The van der Waals surface area contributed by atoms with Gasteiger partial charge in [0.15, 0.2) is 0 Å². The zero-order valence-corrected chi connectivity index (χ0v) is 11.7. The molecule has 12 nitrogen and oxygen atoms in total. The Labute approximate surface area is 130 Å². The van der Waals surface area contributed by atoms with Crippen LogP contribution in [0.5, 0.6) is 0 Å². The second-order valence-electron chi connectivity index (χ2n) is 4.78. The first kappa shape index (κ1) is 15.1. The van der Waals surface area contributed by atoms with Crippen molar-refractivity contribution in [2.24, 2.45) is 0 Å². The summed E-state index contributed by atoms with van der Waals surface area (Å²) in [5.41, 5.74) is -1.80. The highest BCUT2D eigenvalue weighted by atomic mass is 16.6. The van der Waals surface area contributed by atoms with Gasteiger partial charge in [-0.05, 0) is 0 Å². The van der Waals surface area contributed by atoms with Crippen molar-refractivity contribution >= 4 is 22.7 Å². The summed E-state index contributed by atoms with van der Waals surface area (Å²) >= 11 is 0. The van der Waals surface area contributed by atoms with Crippen LogP contribution in [-0.2, 0) is 6.54 Å². The van der Waals surface area contributed by atoms with Crippen LogP contribution in [0.15, 0.2) is 28.0 Å². The third kappa shape index (κ3) is 2.51. The largest absolute Gasteiger partial charge is 0.475 e. The van der Waals surface area contributed by atoms with Gasteiger partial charge in [-0.25, -0.2) is 4.79 Å². The van der Waals surface area contributed by atoms with Crippen LogP contribution in [0.2, 0.25) is 0 Å². The molecule has 2 heterocycles. The number of aromatic nitrogens is 5. The van der Waals surface area contributed by atoms with Crippen molar-refractivity contribution in [2.45, 2.75) is 6.54 Å². The number of carbonyl (C=O) groups is 1. The fraction of sp³-hybridized carbons (Fsp3) is 0.0833. The SMILES string of the molecule is O=C(O)c1nncn1Cc1cc([N+](=O)[O-])cc2[nH]c(=O)c(=O)[nH]c12. The molecule has 2 aromatic heterocycles. The Kier molecular flexibility index (Phi) is 3.41. The molecule has 3 aromatic rings. The van der Waals surface area contributed by atoms with Crippen LogP contribution in [0.3, 0.4) is 0 Å². The lowest BCUT2D eigenvalue weighted by Gasteiger charge is -2.08. The van der Waals surface area contributed by atoms with Gasteiger partial charge < -0.3 is 19.6 Å². The van der Waals surface area contributed by atoms with Gasteiger partial charge in [0.05, 0.1) is 22.5 Å². The number of nitrogens with one attached hydrogen (secondary N) is 2. The minimum absolute atomic E-state index is 0.0498. The second kappa shape index (κ2) is 5.42. The molecular weight excluding hydrogens is 324 g/mol. The van der Waals surface area contributed by atoms with E-state index in [4.69, 9.17) is 5.11 Å². The van der Waals surface area contributed by atoms with Crippen LogP contribution < -0.4 is 11.1 Å². The molecule has 0 radical (unpaired) electrons. The summed E-state index contributed by atoms with van der Waals surface area (Å²) in [5, 5.41) is 27.0. The molecule has 3 N–H and O–H groups in total. The number of aromatic amines is 2. The molecule has 0 atom stereocenters. The van der Waals surface area contributed by atoms with E-state index in [-0.39, 0.29) is 34.7 Å². The summed E-state index contributed by atoms with van der Waals surface area (Å²) in [7, 11) is 0. The number of fused-ring (bicyclic) bond motifs is 1. The van der Waals surface area contributed by atoms with E-state index in [1.807, 2.05) is 0 Å². The highest BCUT2D eigenvalue weighted by Gasteiger charge is 2.17. The zero-order chi connectivity index (χ0) is 17.4. The fourth-order valence-electron chi connectivity index (χ4n) is 2.23. The maximum atomic E-state index is 11.5. The highest BCUT2D eigenvalue weighted by molar-refractivity contribution is 5.84. The minimum Gasteiger partial charge on any atom is -0.475 e. The lowest BCUT2D eigenvalue weighted by atomic mass is 10.1. The molecule has 0 bridgehead atoms. The number of aromatic carboxylic acids is 1. The summed E-state index contributed by atoms with van der Waals surface area (Å²) in [6.45, 7) is -0.158. The molecule has 0 aliphatic heterocycles. The van der Waals surface area contributed by atoms with Gasteiger partial charge in [0.25, 0.3) is 5.69 Å². The normalized spacial score (nSPS) is 10.8. The predicted octanol–water partition coefficient (Wildman–Crippen LogP) is -0.537. The molecule has 0 saturated heterocycles. The third-order valence-corrected chi connectivity index (χ3v) is 3.26. The fourth-order valence-corrected chi connectivity index (χ4v) is 2.23.